The highest BCUT2D eigenvalue weighted by atomic mass is 16.5. The van der Waals surface area contributed by atoms with Crippen molar-refractivity contribution in [2.24, 2.45) is 0 Å². The Bertz CT molecular complexity index is 316. The van der Waals surface area contributed by atoms with E-state index in [0.29, 0.717) is 0 Å². The van der Waals surface area contributed by atoms with E-state index in [0.717, 1.165) is 24.2 Å². The second-order valence-corrected chi connectivity index (χ2v) is 4.40. The average Bonchev–Trinajstić information content (AvgIpc) is 2.72. The van der Waals surface area contributed by atoms with Crippen LogP contribution in [0.15, 0.2) is 6.33 Å². The van der Waals surface area contributed by atoms with Gasteiger partial charge >= 0.3 is 0 Å². The molecule has 3 heteroatoms. The smallest absolute Gasteiger partial charge is 0.110 e. The largest absolute Gasteiger partial charge is 0.356 e. The number of hydrogen-bond donors (Lipinski definition) is 1. The minimum Gasteiger partial charge on any atom is -0.356 e. The normalized spacial score (nSPS) is 36.0. The van der Waals surface area contributed by atoms with Crippen LogP contribution in [0.3, 0.4) is 0 Å². The number of H-pyrrole nitrogens is 1. The van der Waals surface area contributed by atoms with Crippen LogP contribution < -0.4 is 0 Å². The second kappa shape index (κ2) is 2.83. The van der Waals surface area contributed by atoms with Crippen LogP contribution in [-0.4, -0.2) is 9.97 Å². The van der Waals surface area contributed by atoms with Gasteiger partial charge in [0.1, 0.15) is 11.2 Å². The molecule has 0 fully saturated rings. The topological polar surface area (TPSA) is 37.9 Å². The van der Waals surface area contributed by atoms with Gasteiger partial charge in [-0.25, -0.2) is 4.98 Å². The number of fused-ring (bicyclic) bond motifs is 1. The third-order valence-corrected chi connectivity index (χ3v) is 3.47. The molecule has 1 aromatic rings. The lowest BCUT2D eigenvalue weighted by atomic mass is 9.96. The summed E-state index contributed by atoms with van der Waals surface area (Å²) in [5.74, 6) is 0. The first-order valence-corrected chi connectivity index (χ1v) is 5.30. The van der Waals surface area contributed by atoms with E-state index in [2.05, 4.69) is 37.7 Å². The molecule has 1 N–H and O–H groups in total. The zero-order valence-corrected chi connectivity index (χ0v) is 9.35. The van der Waals surface area contributed by atoms with Crippen molar-refractivity contribution in [2.45, 2.75) is 51.7 Å². The maximum absolute atomic E-state index is 6.15. The molecular formula is C11H18N2O. The van der Waals surface area contributed by atoms with E-state index in [1.807, 2.05) is 0 Å². The molecule has 2 rings (SSSR count). The number of aromatic nitrogens is 2. The first-order chi connectivity index (χ1) is 6.56. The molecule has 1 aromatic heterocycles. The highest BCUT2D eigenvalue weighted by molar-refractivity contribution is 5.29. The maximum atomic E-state index is 6.15. The number of nitrogens with one attached hydrogen (secondary N) is 1. The van der Waals surface area contributed by atoms with Crippen molar-refractivity contribution >= 4 is 0 Å². The number of rotatable bonds is 2. The van der Waals surface area contributed by atoms with Gasteiger partial charge in [-0.2, -0.15) is 0 Å². The van der Waals surface area contributed by atoms with Crippen molar-refractivity contribution in [1.82, 2.24) is 9.97 Å². The van der Waals surface area contributed by atoms with Gasteiger partial charge in [0, 0.05) is 0 Å². The quantitative estimate of drug-likeness (QED) is 0.786. The molecule has 1 aliphatic rings. The van der Waals surface area contributed by atoms with Crippen LogP contribution in [0.5, 0.6) is 0 Å². The lowest BCUT2D eigenvalue weighted by Crippen LogP contribution is -2.28. The van der Waals surface area contributed by atoms with Gasteiger partial charge < -0.3 is 9.72 Å². The first kappa shape index (κ1) is 9.71. The standard InChI is InChI=1S/C11H18N2O/c1-5-10(3)8-9(13-7-12-8)11(4,6-2)14-10/h7H,5-6H2,1-4H3,(H,12,13). The summed E-state index contributed by atoms with van der Waals surface area (Å²) in [7, 11) is 0. The molecule has 0 radical (unpaired) electrons. The number of ether oxygens (including phenoxy) is 1. The Morgan fingerprint density at radius 3 is 2.50 bits per heavy atom. The fourth-order valence-electron chi connectivity index (χ4n) is 2.18. The van der Waals surface area contributed by atoms with E-state index in [9.17, 15) is 0 Å². The molecule has 0 bridgehead atoms. The minimum atomic E-state index is -0.208. The predicted molar refractivity (Wildman–Crippen MR) is 55.0 cm³/mol. The van der Waals surface area contributed by atoms with Crippen molar-refractivity contribution in [2.75, 3.05) is 0 Å². The summed E-state index contributed by atoms with van der Waals surface area (Å²) in [5, 5.41) is 0. The van der Waals surface area contributed by atoms with Crippen LogP contribution in [0.25, 0.3) is 0 Å². The van der Waals surface area contributed by atoms with E-state index < -0.39 is 0 Å². The molecule has 2 unspecified atom stereocenters. The SMILES string of the molecule is CCC1(C)OC(C)(CC)c2[nH]cnc21. The zero-order valence-electron chi connectivity index (χ0n) is 9.35. The Labute approximate surface area is 84.9 Å². The van der Waals surface area contributed by atoms with Gasteiger partial charge in [0.15, 0.2) is 0 Å². The Morgan fingerprint density at radius 2 is 1.93 bits per heavy atom. The maximum Gasteiger partial charge on any atom is 0.110 e. The zero-order chi connectivity index (χ0) is 10.4. The molecule has 78 valence electrons. The van der Waals surface area contributed by atoms with E-state index >= 15 is 0 Å². The lowest BCUT2D eigenvalue weighted by molar-refractivity contribution is -0.131. The Balaban J connectivity index is 2.52. The van der Waals surface area contributed by atoms with Crippen molar-refractivity contribution in [3.05, 3.63) is 17.7 Å². The highest BCUT2D eigenvalue weighted by Crippen LogP contribution is 2.48. The Kier molecular flexibility index (Phi) is 1.96. The van der Waals surface area contributed by atoms with Crippen LogP contribution in [-0.2, 0) is 15.9 Å². The fraction of sp³-hybridized carbons (Fsp3) is 0.727. The van der Waals surface area contributed by atoms with E-state index in [-0.39, 0.29) is 11.2 Å². The highest BCUT2D eigenvalue weighted by Gasteiger charge is 2.48. The number of aromatic amines is 1. The molecule has 14 heavy (non-hydrogen) atoms. The lowest BCUT2D eigenvalue weighted by Gasteiger charge is -2.29. The van der Waals surface area contributed by atoms with Crippen LogP contribution in [0, 0.1) is 0 Å². The van der Waals surface area contributed by atoms with Crippen LogP contribution in [0.1, 0.15) is 51.9 Å². The van der Waals surface area contributed by atoms with Gasteiger partial charge in [0.25, 0.3) is 0 Å². The third-order valence-electron chi connectivity index (χ3n) is 3.47. The van der Waals surface area contributed by atoms with Crippen LogP contribution in [0.2, 0.25) is 0 Å². The van der Waals surface area contributed by atoms with Crippen LogP contribution in [0.4, 0.5) is 0 Å². The Hall–Kier alpha value is -0.830. The van der Waals surface area contributed by atoms with Gasteiger partial charge in [-0.3, -0.25) is 0 Å². The van der Waals surface area contributed by atoms with Crippen molar-refractivity contribution < 1.29 is 4.74 Å². The summed E-state index contributed by atoms with van der Waals surface area (Å²) in [6, 6.07) is 0. The number of nitrogens with zero attached hydrogens (tertiary/aromatic N) is 1. The minimum absolute atomic E-state index is 0.184. The number of hydrogen-bond acceptors (Lipinski definition) is 2. The summed E-state index contributed by atoms with van der Waals surface area (Å²) in [4.78, 5) is 7.60. The average molecular weight is 194 g/mol. The predicted octanol–water partition coefficient (Wildman–Crippen LogP) is 2.69. The van der Waals surface area contributed by atoms with E-state index in [1.54, 1.807) is 6.33 Å². The number of imidazole rings is 1. The molecular weight excluding hydrogens is 176 g/mol. The summed E-state index contributed by atoms with van der Waals surface area (Å²) < 4.78 is 6.15. The fourth-order valence-corrected chi connectivity index (χ4v) is 2.18. The summed E-state index contributed by atoms with van der Waals surface area (Å²) in [5.41, 5.74) is 1.85. The van der Waals surface area contributed by atoms with Gasteiger partial charge in [-0.1, -0.05) is 13.8 Å². The molecule has 0 spiro atoms. The van der Waals surface area contributed by atoms with Crippen molar-refractivity contribution in [3.63, 3.8) is 0 Å². The third kappa shape index (κ3) is 1.05. The second-order valence-electron chi connectivity index (χ2n) is 4.40. The van der Waals surface area contributed by atoms with E-state index in [1.165, 1.54) is 0 Å². The summed E-state index contributed by atoms with van der Waals surface area (Å²) in [6.07, 6.45) is 3.70. The Morgan fingerprint density at radius 1 is 1.29 bits per heavy atom. The molecule has 1 aliphatic heterocycles. The molecule has 0 amide bonds. The molecule has 0 saturated carbocycles. The molecule has 2 atom stereocenters. The van der Waals surface area contributed by atoms with Gasteiger partial charge in [-0.15, -0.1) is 0 Å². The first-order valence-electron chi connectivity index (χ1n) is 5.30. The molecule has 0 aromatic carbocycles. The summed E-state index contributed by atoms with van der Waals surface area (Å²) in [6.45, 7) is 8.53. The van der Waals surface area contributed by atoms with Gasteiger partial charge in [-0.05, 0) is 26.7 Å². The van der Waals surface area contributed by atoms with Gasteiger partial charge in [0.05, 0.1) is 17.7 Å². The summed E-state index contributed by atoms with van der Waals surface area (Å²) >= 11 is 0. The molecule has 2 heterocycles. The monoisotopic (exact) mass is 194 g/mol. The van der Waals surface area contributed by atoms with Gasteiger partial charge in [0.2, 0.25) is 0 Å². The van der Waals surface area contributed by atoms with Crippen molar-refractivity contribution in [1.29, 1.82) is 0 Å². The van der Waals surface area contributed by atoms with Crippen molar-refractivity contribution in [3.8, 4) is 0 Å². The molecule has 0 aliphatic carbocycles. The van der Waals surface area contributed by atoms with Crippen LogP contribution >= 0.6 is 0 Å². The van der Waals surface area contributed by atoms with E-state index in [4.69, 9.17) is 4.74 Å². The molecule has 0 saturated heterocycles. The molecule has 3 nitrogen and oxygen atoms in total.